The summed E-state index contributed by atoms with van der Waals surface area (Å²) in [6, 6.07) is 18.7. The molecule has 106 valence electrons. The topological polar surface area (TPSA) is 13.7 Å². The van der Waals surface area contributed by atoms with Gasteiger partial charge in [-0.2, -0.15) is 0 Å². The summed E-state index contributed by atoms with van der Waals surface area (Å²) in [5, 5.41) is 0. The van der Waals surface area contributed by atoms with Crippen LogP contribution in [0.3, 0.4) is 0 Å². The molecule has 0 atom stereocenters. The highest BCUT2D eigenvalue weighted by Gasteiger charge is 2.04. The molecule has 0 bridgehead atoms. The number of quaternary nitrogens is 1. The molecule has 2 rings (SSSR count). The van der Waals surface area contributed by atoms with Gasteiger partial charge in [-0.3, -0.25) is 0 Å². The molecule has 20 heavy (non-hydrogen) atoms. The molecular weight excluding hydrogens is 246 g/mol. The van der Waals surface area contributed by atoms with E-state index in [0.717, 1.165) is 12.3 Å². The molecule has 2 aromatic carbocycles. The molecule has 0 spiro atoms. The first-order valence-electron chi connectivity index (χ1n) is 7.41. The lowest BCUT2D eigenvalue weighted by atomic mass is 10.2. The van der Waals surface area contributed by atoms with Crippen molar-refractivity contribution in [3.05, 3.63) is 65.7 Å². The Morgan fingerprint density at radius 1 is 0.800 bits per heavy atom. The van der Waals surface area contributed by atoms with Crippen molar-refractivity contribution in [3.8, 4) is 5.75 Å². The van der Waals surface area contributed by atoms with Crippen molar-refractivity contribution in [1.82, 2.24) is 0 Å². The lowest BCUT2D eigenvalue weighted by Crippen LogP contribution is -3.10. The number of hydrogen-bond acceptors (Lipinski definition) is 1. The van der Waals surface area contributed by atoms with Gasteiger partial charge >= 0.3 is 0 Å². The first-order valence-corrected chi connectivity index (χ1v) is 7.41. The lowest BCUT2D eigenvalue weighted by Gasteiger charge is -2.15. The predicted octanol–water partition coefficient (Wildman–Crippen LogP) is 2.69. The SMILES string of the molecule is CC[NH+](CC)Cc1ccc(OCc2ccccc2)cc1. The summed E-state index contributed by atoms with van der Waals surface area (Å²) in [6.07, 6.45) is 0. The summed E-state index contributed by atoms with van der Waals surface area (Å²) < 4.78 is 5.80. The largest absolute Gasteiger partial charge is 0.489 e. The van der Waals surface area contributed by atoms with E-state index in [1.807, 2.05) is 18.2 Å². The zero-order chi connectivity index (χ0) is 14.2. The van der Waals surface area contributed by atoms with Crippen molar-refractivity contribution in [3.63, 3.8) is 0 Å². The summed E-state index contributed by atoms with van der Waals surface area (Å²) in [5.74, 6) is 0.937. The Kier molecular flexibility index (Phi) is 5.63. The summed E-state index contributed by atoms with van der Waals surface area (Å²) >= 11 is 0. The van der Waals surface area contributed by atoms with E-state index in [1.54, 1.807) is 4.90 Å². The average Bonchev–Trinajstić information content (AvgIpc) is 2.53. The first-order chi connectivity index (χ1) is 9.81. The number of nitrogens with one attached hydrogen (secondary N) is 1. The maximum Gasteiger partial charge on any atom is 0.119 e. The fourth-order valence-electron chi connectivity index (χ4n) is 2.23. The molecular formula is C18H24NO+. The van der Waals surface area contributed by atoms with Crippen LogP contribution in [0.5, 0.6) is 5.75 Å². The zero-order valence-corrected chi connectivity index (χ0v) is 12.4. The standard InChI is InChI=1S/C18H23NO/c1-3-19(4-2)14-16-10-12-18(13-11-16)20-15-17-8-6-5-7-9-17/h5-13H,3-4,14-15H2,1-2H3/p+1. The molecule has 0 aliphatic rings. The van der Waals surface area contributed by atoms with Gasteiger partial charge in [0.25, 0.3) is 0 Å². The molecule has 0 radical (unpaired) electrons. The quantitative estimate of drug-likeness (QED) is 0.816. The minimum atomic E-state index is 0.626. The van der Waals surface area contributed by atoms with Crippen LogP contribution in [0.1, 0.15) is 25.0 Å². The van der Waals surface area contributed by atoms with Crippen molar-refractivity contribution < 1.29 is 9.64 Å². The second-order valence-electron chi connectivity index (χ2n) is 5.05. The highest BCUT2D eigenvalue weighted by molar-refractivity contribution is 5.27. The van der Waals surface area contributed by atoms with Crippen LogP contribution < -0.4 is 9.64 Å². The van der Waals surface area contributed by atoms with Crippen LogP contribution in [0, 0.1) is 0 Å². The van der Waals surface area contributed by atoms with Crippen LogP contribution in [-0.2, 0) is 13.2 Å². The Morgan fingerprint density at radius 2 is 1.45 bits per heavy atom. The van der Waals surface area contributed by atoms with E-state index < -0.39 is 0 Å². The van der Waals surface area contributed by atoms with E-state index in [4.69, 9.17) is 4.74 Å². The Hall–Kier alpha value is -1.80. The third kappa shape index (κ3) is 4.39. The first kappa shape index (κ1) is 14.6. The van der Waals surface area contributed by atoms with Crippen molar-refractivity contribution in [2.24, 2.45) is 0 Å². The van der Waals surface area contributed by atoms with Gasteiger partial charge in [0.05, 0.1) is 13.1 Å². The van der Waals surface area contributed by atoms with Crippen molar-refractivity contribution in [2.75, 3.05) is 13.1 Å². The molecule has 0 fully saturated rings. The van der Waals surface area contributed by atoms with Gasteiger partial charge in [0.1, 0.15) is 18.9 Å². The van der Waals surface area contributed by atoms with E-state index in [-0.39, 0.29) is 0 Å². The fraction of sp³-hybridized carbons (Fsp3) is 0.333. The summed E-state index contributed by atoms with van der Waals surface area (Å²) in [7, 11) is 0. The number of rotatable bonds is 7. The summed E-state index contributed by atoms with van der Waals surface area (Å²) in [5.41, 5.74) is 2.57. The Labute approximate surface area is 122 Å². The maximum absolute atomic E-state index is 5.80. The minimum absolute atomic E-state index is 0.626. The molecule has 0 aliphatic heterocycles. The minimum Gasteiger partial charge on any atom is -0.489 e. The Balaban J connectivity index is 1.88. The van der Waals surface area contributed by atoms with Gasteiger partial charge < -0.3 is 9.64 Å². The monoisotopic (exact) mass is 270 g/mol. The lowest BCUT2D eigenvalue weighted by molar-refractivity contribution is -0.910. The molecule has 2 nitrogen and oxygen atoms in total. The third-order valence-corrected chi connectivity index (χ3v) is 3.63. The van der Waals surface area contributed by atoms with E-state index in [1.165, 1.54) is 24.2 Å². The zero-order valence-electron chi connectivity index (χ0n) is 12.4. The fourth-order valence-corrected chi connectivity index (χ4v) is 2.23. The summed E-state index contributed by atoms with van der Waals surface area (Å²) in [4.78, 5) is 1.60. The molecule has 0 unspecified atom stereocenters. The van der Waals surface area contributed by atoms with E-state index in [2.05, 4.69) is 50.2 Å². The normalized spacial score (nSPS) is 10.8. The maximum atomic E-state index is 5.80. The Bertz CT molecular complexity index is 489. The molecule has 0 aromatic heterocycles. The van der Waals surface area contributed by atoms with Gasteiger partial charge in [-0.25, -0.2) is 0 Å². The smallest absolute Gasteiger partial charge is 0.119 e. The predicted molar refractivity (Wildman–Crippen MR) is 83.0 cm³/mol. The molecule has 0 saturated carbocycles. The van der Waals surface area contributed by atoms with Crippen LogP contribution in [0.25, 0.3) is 0 Å². The number of benzene rings is 2. The van der Waals surface area contributed by atoms with Crippen LogP contribution in [-0.4, -0.2) is 13.1 Å². The second kappa shape index (κ2) is 7.71. The van der Waals surface area contributed by atoms with Gasteiger partial charge in [-0.05, 0) is 43.7 Å². The van der Waals surface area contributed by atoms with Gasteiger partial charge in [-0.1, -0.05) is 30.3 Å². The van der Waals surface area contributed by atoms with Crippen LogP contribution in [0.15, 0.2) is 54.6 Å². The average molecular weight is 270 g/mol. The van der Waals surface area contributed by atoms with Gasteiger partial charge in [0.15, 0.2) is 0 Å². The van der Waals surface area contributed by atoms with E-state index in [9.17, 15) is 0 Å². The third-order valence-electron chi connectivity index (χ3n) is 3.63. The Morgan fingerprint density at radius 3 is 2.05 bits per heavy atom. The molecule has 0 aliphatic carbocycles. The van der Waals surface area contributed by atoms with E-state index in [0.29, 0.717) is 6.61 Å². The molecule has 2 heteroatoms. The highest BCUT2D eigenvalue weighted by atomic mass is 16.5. The van der Waals surface area contributed by atoms with Crippen molar-refractivity contribution in [1.29, 1.82) is 0 Å². The van der Waals surface area contributed by atoms with Gasteiger partial charge in [0.2, 0.25) is 0 Å². The van der Waals surface area contributed by atoms with Crippen molar-refractivity contribution >= 4 is 0 Å². The molecule has 0 saturated heterocycles. The van der Waals surface area contributed by atoms with Crippen LogP contribution >= 0.6 is 0 Å². The summed E-state index contributed by atoms with van der Waals surface area (Å²) in [6.45, 7) is 8.52. The molecule has 1 N–H and O–H groups in total. The van der Waals surface area contributed by atoms with Gasteiger partial charge in [-0.15, -0.1) is 0 Å². The molecule has 0 heterocycles. The molecule has 2 aromatic rings. The highest BCUT2D eigenvalue weighted by Crippen LogP contribution is 2.13. The number of ether oxygens (including phenoxy) is 1. The van der Waals surface area contributed by atoms with Crippen LogP contribution in [0.2, 0.25) is 0 Å². The van der Waals surface area contributed by atoms with Crippen molar-refractivity contribution in [2.45, 2.75) is 27.0 Å². The number of hydrogen-bond donors (Lipinski definition) is 1. The van der Waals surface area contributed by atoms with Gasteiger partial charge in [0, 0.05) is 5.56 Å². The molecule has 0 amide bonds. The van der Waals surface area contributed by atoms with E-state index >= 15 is 0 Å². The van der Waals surface area contributed by atoms with Crippen LogP contribution in [0.4, 0.5) is 0 Å². The second-order valence-corrected chi connectivity index (χ2v) is 5.05.